The van der Waals surface area contributed by atoms with Crippen molar-refractivity contribution in [1.82, 2.24) is 10.2 Å². The van der Waals surface area contributed by atoms with Gasteiger partial charge in [-0.25, -0.2) is 0 Å². The fourth-order valence-corrected chi connectivity index (χ4v) is 4.29. The van der Waals surface area contributed by atoms with E-state index >= 15 is 0 Å². The van der Waals surface area contributed by atoms with Gasteiger partial charge in [0.2, 0.25) is 11.8 Å². The summed E-state index contributed by atoms with van der Waals surface area (Å²) in [5, 5.41) is 3.91. The normalized spacial score (nSPS) is 12.6. The largest absolute Gasteiger partial charge is 0.352 e. The molecule has 0 unspecified atom stereocenters. The maximum atomic E-state index is 13.7. The third-order valence-electron chi connectivity index (χ3n) is 5.88. The zero-order chi connectivity index (χ0) is 25.4. The molecule has 3 aromatic carbocycles. The Kier molecular flexibility index (Phi) is 10.2. The lowest BCUT2D eigenvalue weighted by atomic mass is 10.0. The lowest BCUT2D eigenvalue weighted by Gasteiger charge is -2.32. The van der Waals surface area contributed by atoms with Crippen LogP contribution in [0.5, 0.6) is 0 Å². The van der Waals surface area contributed by atoms with E-state index in [1.54, 1.807) is 23.1 Å². The Labute approximate surface area is 225 Å². The van der Waals surface area contributed by atoms with Gasteiger partial charge in [-0.1, -0.05) is 94.6 Å². The molecule has 0 aliphatic carbocycles. The van der Waals surface area contributed by atoms with Crippen molar-refractivity contribution < 1.29 is 9.59 Å². The average Bonchev–Trinajstić information content (AvgIpc) is 2.85. The van der Waals surface area contributed by atoms with E-state index in [9.17, 15) is 9.59 Å². The standard InChI is InChI=1S/C28H29BrCl2N2O2/c1-3-19(2)32-28(35)26(16-20-7-5-4-6-8-20)33(18-21-9-12-23(29)13-10-21)27(34)17-22-11-14-24(30)25(31)15-22/h4-15,19,26H,3,16-18H2,1-2H3,(H,32,35)/t19-,26-/m0/s1. The molecule has 3 rings (SSSR count). The lowest BCUT2D eigenvalue weighted by molar-refractivity contribution is -0.141. The Morgan fingerprint density at radius 2 is 1.57 bits per heavy atom. The monoisotopic (exact) mass is 574 g/mol. The topological polar surface area (TPSA) is 49.4 Å². The van der Waals surface area contributed by atoms with Crippen LogP contribution in [-0.4, -0.2) is 28.8 Å². The Hall–Kier alpha value is -2.34. The molecule has 3 aromatic rings. The molecule has 0 fully saturated rings. The number of rotatable bonds is 10. The highest BCUT2D eigenvalue weighted by Gasteiger charge is 2.31. The molecule has 184 valence electrons. The van der Waals surface area contributed by atoms with Gasteiger partial charge in [-0.3, -0.25) is 9.59 Å². The van der Waals surface area contributed by atoms with Crippen LogP contribution in [0.1, 0.15) is 37.0 Å². The van der Waals surface area contributed by atoms with E-state index < -0.39 is 6.04 Å². The van der Waals surface area contributed by atoms with E-state index in [0.717, 1.165) is 27.6 Å². The highest BCUT2D eigenvalue weighted by Crippen LogP contribution is 2.24. The van der Waals surface area contributed by atoms with Gasteiger partial charge >= 0.3 is 0 Å². The molecular formula is C28H29BrCl2N2O2. The zero-order valence-electron chi connectivity index (χ0n) is 19.8. The molecule has 2 atom stereocenters. The quantitative estimate of drug-likeness (QED) is 0.287. The highest BCUT2D eigenvalue weighted by atomic mass is 79.9. The highest BCUT2D eigenvalue weighted by molar-refractivity contribution is 9.10. The predicted molar refractivity (Wildman–Crippen MR) is 147 cm³/mol. The number of hydrogen-bond acceptors (Lipinski definition) is 2. The van der Waals surface area contributed by atoms with E-state index in [0.29, 0.717) is 23.0 Å². The number of carbonyl (C=O) groups excluding carboxylic acids is 2. The van der Waals surface area contributed by atoms with E-state index in [1.165, 1.54) is 0 Å². The van der Waals surface area contributed by atoms with Crippen molar-refractivity contribution in [1.29, 1.82) is 0 Å². The van der Waals surface area contributed by atoms with Gasteiger partial charge < -0.3 is 10.2 Å². The summed E-state index contributed by atoms with van der Waals surface area (Å²) in [5.41, 5.74) is 2.66. The SMILES string of the molecule is CC[C@H](C)NC(=O)[C@H](Cc1ccccc1)N(Cc1ccc(Br)cc1)C(=O)Cc1ccc(Cl)c(Cl)c1. The number of nitrogens with one attached hydrogen (secondary N) is 1. The Balaban J connectivity index is 1.97. The van der Waals surface area contributed by atoms with Crippen LogP contribution in [0.25, 0.3) is 0 Å². The average molecular weight is 576 g/mol. The molecule has 4 nitrogen and oxygen atoms in total. The van der Waals surface area contributed by atoms with Crippen molar-refractivity contribution >= 4 is 50.9 Å². The number of carbonyl (C=O) groups is 2. The fraction of sp³-hybridized carbons (Fsp3) is 0.286. The molecule has 2 amide bonds. The Morgan fingerprint density at radius 1 is 0.914 bits per heavy atom. The second kappa shape index (κ2) is 13.1. The van der Waals surface area contributed by atoms with Gasteiger partial charge in [0.1, 0.15) is 6.04 Å². The van der Waals surface area contributed by atoms with Gasteiger partial charge in [0.05, 0.1) is 16.5 Å². The molecule has 0 radical (unpaired) electrons. The van der Waals surface area contributed by atoms with Crippen LogP contribution >= 0.6 is 39.1 Å². The molecule has 0 heterocycles. The van der Waals surface area contributed by atoms with Gasteiger partial charge in [-0.2, -0.15) is 0 Å². The number of benzene rings is 3. The van der Waals surface area contributed by atoms with Gasteiger partial charge in [0, 0.05) is 23.5 Å². The Morgan fingerprint density at radius 3 is 2.20 bits per heavy atom. The summed E-state index contributed by atoms with van der Waals surface area (Å²) in [4.78, 5) is 28.9. The summed E-state index contributed by atoms with van der Waals surface area (Å²) >= 11 is 15.7. The number of amides is 2. The maximum absolute atomic E-state index is 13.7. The second-order valence-corrected chi connectivity index (χ2v) is 10.3. The first-order valence-corrected chi connectivity index (χ1v) is 13.1. The molecule has 0 aliphatic heterocycles. The van der Waals surface area contributed by atoms with Crippen LogP contribution in [0.4, 0.5) is 0 Å². The summed E-state index contributed by atoms with van der Waals surface area (Å²) in [6, 6.07) is 22.0. The zero-order valence-corrected chi connectivity index (χ0v) is 22.9. The first-order valence-electron chi connectivity index (χ1n) is 11.6. The molecular weight excluding hydrogens is 547 g/mol. The molecule has 35 heavy (non-hydrogen) atoms. The summed E-state index contributed by atoms with van der Waals surface area (Å²) < 4.78 is 0.949. The molecule has 0 saturated carbocycles. The van der Waals surface area contributed by atoms with Crippen molar-refractivity contribution in [3.63, 3.8) is 0 Å². The molecule has 1 N–H and O–H groups in total. The van der Waals surface area contributed by atoms with Crippen molar-refractivity contribution in [3.05, 3.63) is 104 Å². The van der Waals surface area contributed by atoms with E-state index in [-0.39, 0.29) is 24.3 Å². The van der Waals surface area contributed by atoms with E-state index in [1.807, 2.05) is 68.4 Å². The van der Waals surface area contributed by atoms with Gasteiger partial charge in [-0.15, -0.1) is 0 Å². The third kappa shape index (κ3) is 8.09. The van der Waals surface area contributed by atoms with Gasteiger partial charge in [-0.05, 0) is 54.3 Å². The summed E-state index contributed by atoms with van der Waals surface area (Å²) in [6.07, 6.45) is 1.32. The first kappa shape index (κ1) is 27.3. The molecule has 0 saturated heterocycles. The van der Waals surface area contributed by atoms with Crippen LogP contribution in [0, 0.1) is 0 Å². The molecule has 0 spiro atoms. The third-order valence-corrected chi connectivity index (χ3v) is 7.15. The molecule has 0 bridgehead atoms. The lowest BCUT2D eigenvalue weighted by Crippen LogP contribution is -2.52. The van der Waals surface area contributed by atoms with Gasteiger partial charge in [0.15, 0.2) is 0 Å². The smallest absolute Gasteiger partial charge is 0.243 e. The van der Waals surface area contributed by atoms with Crippen molar-refractivity contribution in [2.45, 2.75) is 51.7 Å². The number of hydrogen-bond donors (Lipinski definition) is 1. The minimum absolute atomic E-state index is 0.000442. The number of nitrogens with zero attached hydrogens (tertiary/aromatic N) is 1. The molecule has 0 aliphatic rings. The summed E-state index contributed by atoms with van der Waals surface area (Å²) in [5.74, 6) is -0.325. The fourth-order valence-electron chi connectivity index (χ4n) is 3.71. The van der Waals surface area contributed by atoms with Crippen LogP contribution in [0.15, 0.2) is 77.3 Å². The van der Waals surface area contributed by atoms with E-state index in [2.05, 4.69) is 21.2 Å². The minimum atomic E-state index is -0.676. The van der Waals surface area contributed by atoms with Crippen LogP contribution in [-0.2, 0) is 29.0 Å². The van der Waals surface area contributed by atoms with Crippen molar-refractivity contribution in [3.8, 4) is 0 Å². The second-order valence-electron chi connectivity index (χ2n) is 8.60. The van der Waals surface area contributed by atoms with Crippen LogP contribution < -0.4 is 5.32 Å². The molecule has 0 aromatic heterocycles. The minimum Gasteiger partial charge on any atom is -0.352 e. The maximum Gasteiger partial charge on any atom is 0.243 e. The Bertz CT molecular complexity index is 1140. The predicted octanol–water partition coefficient (Wildman–Crippen LogP) is 6.85. The molecule has 7 heteroatoms. The van der Waals surface area contributed by atoms with Crippen molar-refractivity contribution in [2.75, 3.05) is 0 Å². The summed E-state index contributed by atoms with van der Waals surface area (Å²) in [6.45, 7) is 4.29. The summed E-state index contributed by atoms with van der Waals surface area (Å²) in [7, 11) is 0. The van der Waals surface area contributed by atoms with E-state index in [4.69, 9.17) is 23.2 Å². The number of halogens is 3. The van der Waals surface area contributed by atoms with Crippen LogP contribution in [0.2, 0.25) is 10.0 Å². The first-order chi connectivity index (χ1) is 16.8. The van der Waals surface area contributed by atoms with Gasteiger partial charge in [0.25, 0.3) is 0 Å². The van der Waals surface area contributed by atoms with Crippen LogP contribution in [0.3, 0.4) is 0 Å². The van der Waals surface area contributed by atoms with Crippen molar-refractivity contribution in [2.24, 2.45) is 0 Å².